The molecule has 0 heterocycles. The number of esters is 2. The molecule has 23 heavy (non-hydrogen) atoms. The molecule has 0 fully saturated rings. The average molecular weight is 343 g/mol. The van der Waals surface area contributed by atoms with Gasteiger partial charge in [-0.3, -0.25) is 9.52 Å². The molecule has 0 unspecified atom stereocenters. The number of benzene rings is 1. The number of methoxy groups -OCH3 is 1. The number of anilines is 1. The topological polar surface area (TPSA) is 98.8 Å². The molecular weight excluding hydrogens is 322 g/mol. The van der Waals surface area contributed by atoms with Crippen LogP contribution >= 0.6 is 0 Å². The molecular formula is C15H21NO6S. The fourth-order valence-corrected chi connectivity index (χ4v) is 2.67. The molecule has 0 aliphatic heterocycles. The summed E-state index contributed by atoms with van der Waals surface area (Å²) in [5.41, 5.74) is -0.496. The van der Waals surface area contributed by atoms with E-state index in [9.17, 15) is 18.0 Å². The molecule has 128 valence electrons. The maximum atomic E-state index is 12.1. The Labute approximate surface area is 136 Å². The molecule has 0 bridgehead atoms. The highest BCUT2D eigenvalue weighted by molar-refractivity contribution is 7.92. The second-order valence-corrected chi connectivity index (χ2v) is 7.64. The molecule has 1 N–H and O–H groups in total. The Morgan fingerprint density at radius 1 is 1.17 bits per heavy atom. The molecule has 0 atom stereocenters. The van der Waals surface area contributed by atoms with Crippen molar-refractivity contribution < 1.29 is 27.5 Å². The van der Waals surface area contributed by atoms with Crippen LogP contribution in [0.3, 0.4) is 0 Å². The summed E-state index contributed by atoms with van der Waals surface area (Å²) in [7, 11) is -2.62. The van der Waals surface area contributed by atoms with Crippen LogP contribution in [0.5, 0.6) is 0 Å². The van der Waals surface area contributed by atoms with E-state index in [0.717, 1.165) is 0 Å². The molecule has 0 saturated carbocycles. The van der Waals surface area contributed by atoms with E-state index in [2.05, 4.69) is 9.46 Å². The minimum Gasteiger partial charge on any atom is -0.469 e. The van der Waals surface area contributed by atoms with Crippen LogP contribution in [0.2, 0.25) is 0 Å². The van der Waals surface area contributed by atoms with Gasteiger partial charge in [0.25, 0.3) is 0 Å². The van der Waals surface area contributed by atoms with Gasteiger partial charge in [-0.15, -0.1) is 0 Å². The van der Waals surface area contributed by atoms with Crippen molar-refractivity contribution in [3.05, 3.63) is 29.8 Å². The molecule has 0 amide bonds. The fourth-order valence-electron chi connectivity index (χ4n) is 1.62. The lowest BCUT2D eigenvalue weighted by Crippen LogP contribution is -2.25. The molecule has 0 aliphatic carbocycles. The molecule has 0 spiro atoms. The summed E-state index contributed by atoms with van der Waals surface area (Å²) in [4.78, 5) is 23.2. The molecule has 1 aromatic carbocycles. The van der Waals surface area contributed by atoms with Crippen molar-refractivity contribution in [3.63, 3.8) is 0 Å². The zero-order chi connectivity index (χ0) is 17.7. The van der Waals surface area contributed by atoms with Crippen molar-refractivity contribution in [1.29, 1.82) is 0 Å². The summed E-state index contributed by atoms with van der Waals surface area (Å²) in [5.74, 6) is -1.71. The summed E-state index contributed by atoms with van der Waals surface area (Å²) in [6, 6.07) is 6.11. The minimum absolute atomic E-state index is 0.101. The number of ether oxygens (including phenoxy) is 2. The summed E-state index contributed by atoms with van der Waals surface area (Å²) in [5, 5.41) is 0. The van der Waals surface area contributed by atoms with Gasteiger partial charge < -0.3 is 9.47 Å². The molecule has 7 nitrogen and oxygen atoms in total. The van der Waals surface area contributed by atoms with Crippen molar-refractivity contribution in [2.45, 2.75) is 32.8 Å². The Hall–Kier alpha value is -2.09. The third-order valence-corrected chi connectivity index (χ3v) is 3.89. The first-order chi connectivity index (χ1) is 10.5. The predicted octanol–water partition coefficient (Wildman–Crippen LogP) is 1.95. The van der Waals surface area contributed by atoms with E-state index < -0.39 is 33.3 Å². The molecule has 0 aliphatic rings. The maximum Gasteiger partial charge on any atom is 0.340 e. The normalized spacial score (nSPS) is 11.7. The van der Waals surface area contributed by atoms with Crippen LogP contribution in [0, 0.1) is 0 Å². The third kappa shape index (κ3) is 6.68. The number of carbonyl (C=O) groups excluding carboxylic acids is 2. The van der Waals surface area contributed by atoms with Crippen molar-refractivity contribution >= 4 is 27.6 Å². The quantitative estimate of drug-likeness (QED) is 0.793. The van der Waals surface area contributed by atoms with E-state index in [1.54, 1.807) is 32.9 Å². The minimum atomic E-state index is -3.80. The van der Waals surface area contributed by atoms with Gasteiger partial charge in [0.1, 0.15) is 5.60 Å². The second-order valence-electron chi connectivity index (χ2n) is 5.79. The lowest BCUT2D eigenvalue weighted by atomic mass is 10.1. The Morgan fingerprint density at radius 3 is 2.35 bits per heavy atom. The number of nitrogens with one attached hydrogen (secondary N) is 1. The SMILES string of the molecule is COC(=O)CCS(=O)(=O)Nc1ccccc1C(=O)OC(C)(C)C. The molecule has 0 saturated heterocycles. The van der Waals surface area contributed by atoms with Crippen LogP contribution in [0.15, 0.2) is 24.3 Å². The fraction of sp³-hybridized carbons (Fsp3) is 0.467. The zero-order valence-electron chi connectivity index (χ0n) is 13.6. The Kier molecular flexibility index (Phi) is 6.14. The maximum absolute atomic E-state index is 12.1. The van der Waals surface area contributed by atoms with Crippen molar-refractivity contribution in [3.8, 4) is 0 Å². The van der Waals surface area contributed by atoms with Gasteiger partial charge in [0, 0.05) is 0 Å². The number of hydrogen-bond donors (Lipinski definition) is 1. The van der Waals surface area contributed by atoms with Crippen LogP contribution in [0.4, 0.5) is 5.69 Å². The summed E-state index contributed by atoms with van der Waals surface area (Å²) >= 11 is 0. The van der Waals surface area contributed by atoms with Crippen LogP contribution in [0.1, 0.15) is 37.6 Å². The number of para-hydroxylation sites is 1. The Morgan fingerprint density at radius 2 is 1.78 bits per heavy atom. The Bertz CT molecular complexity index is 675. The number of rotatable bonds is 6. The van der Waals surface area contributed by atoms with Crippen molar-refractivity contribution in [1.82, 2.24) is 0 Å². The van der Waals surface area contributed by atoms with Gasteiger partial charge in [0.05, 0.1) is 30.5 Å². The van der Waals surface area contributed by atoms with E-state index in [-0.39, 0.29) is 17.7 Å². The largest absolute Gasteiger partial charge is 0.469 e. The number of carbonyl (C=O) groups is 2. The molecule has 1 rings (SSSR count). The van der Waals surface area contributed by atoms with Gasteiger partial charge >= 0.3 is 11.9 Å². The first-order valence-corrected chi connectivity index (χ1v) is 8.59. The van der Waals surface area contributed by atoms with Gasteiger partial charge in [0.2, 0.25) is 10.0 Å². The average Bonchev–Trinajstić information content (AvgIpc) is 2.43. The first kappa shape index (κ1) is 19.0. The summed E-state index contributed by atoms with van der Waals surface area (Å²) in [6.45, 7) is 5.15. The van der Waals surface area contributed by atoms with Crippen LogP contribution in [-0.2, 0) is 24.3 Å². The van der Waals surface area contributed by atoms with Crippen LogP contribution < -0.4 is 4.72 Å². The van der Waals surface area contributed by atoms with Crippen molar-refractivity contribution in [2.75, 3.05) is 17.6 Å². The highest BCUT2D eigenvalue weighted by Crippen LogP contribution is 2.20. The molecule has 0 aromatic heterocycles. The monoisotopic (exact) mass is 343 g/mol. The smallest absolute Gasteiger partial charge is 0.340 e. The van der Waals surface area contributed by atoms with E-state index in [1.807, 2.05) is 0 Å². The van der Waals surface area contributed by atoms with Crippen LogP contribution in [0.25, 0.3) is 0 Å². The van der Waals surface area contributed by atoms with Gasteiger partial charge in [-0.2, -0.15) is 0 Å². The van der Waals surface area contributed by atoms with Crippen LogP contribution in [-0.4, -0.2) is 38.8 Å². The highest BCUT2D eigenvalue weighted by Gasteiger charge is 2.22. The van der Waals surface area contributed by atoms with E-state index >= 15 is 0 Å². The highest BCUT2D eigenvalue weighted by atomic mass is 32.2. The van der Waals surface area contributed by atoms with Gasteiger partial charge in [-0.1, -0.05) is 12.1 Å². The second kappa shape index (κ2) is 7.45. The van der Waals surface area contributed by atoms with E-state index in [4.69, 9.17) is 4.74 Å². The molecule has 1 aromatic rings. The molecule has 0 radical (unpaired) electrons. The van der Waals surface area contributed by atoms with Gasteiger partial charge in [-0.25, -0.2) is 13.2 Å². The van der Waals surface area contributed by atoms with Crippen molar-refractivity contribution in [2.24, 2.45) is 0 Å². The molecule has 8 heteroatoms. The lowest BCUT2D eigenvalue weighted by Gasteiger charge is -2.20. The van der Waals surface area contributed by atoms with E-state index in [0.29, 0.717) is 0 Å². The third-order valence-electron chi connectivity index (χ3n) is 2.61. The Balaban J connectivity index is 2.93. The summed E-state index contributed by atoms with van der Waals surface area (Å²) in [6.07, 6.45) is -0.277. The summed E-state index contributed by atoms with van der Waals surface area (Å²) < 4.78 is 36.0. The predicted molar refractivity (Wildman–Crippen MR) is 85.7 cm³/mol. The van der Waals surface area contributed by atoms with Gasteiger partial charge in [-0.05, 0) is 32.9 Å². The zero-order valence-corrected chi connectivity index (χ0v) is 14.4. The first-order valence-electron chi connectivity index (χ1n) is 6.94. The lowest BCUT2D eigenvalue weighted by molar-refractivity contribution is -0.140. The van der Waals surface area contributed by atoms with Gasteiger partial charge in [0.15, 0.2) is 0 Å². The standard InChI is InChI=1S/C15H21NO6S/c1-15(2,3)22-14(18)11-7-5-6-8-12(11)16-23(19,20)10-9-13(17)21-4/h5-8,16H,9-10H2,1-4H3. The van der Waals surface area contributed by atoms with E-state index in [1.165, 1.54) is 19.2 Å². The number of sulfonamides is 1. The number of hydrogen-bond acceptors (Lipinski definition) is 6.